The molecule has 0 spiro atoms. The van der Waals surface area contributed by atoms with E-state index < -0.39 is 23.8 Å². The minimum Gasteiger partial charge on any atom is -0.458 e. The molecule has 5 heteroatoms. The van der Waals surface area contributed by atoms with Crippen LogP contribution in [0.15, 0.2) is 24.3 Å². The van der Waals surface area contributed by atoms with Gasteiger partial charge in [0.2, 0.25) is 0 Å². The molecule has 0 N–H and O–H groups in total. The summed E-state index contributed by atoms with van der Waals surface area (Å²) in [7, 11) is 0. The molecule has 0 fully saturated rings. The average molecular weight is 232 g/mol. The Kier molecular flexibility index (Phi) is 3.57. The zero-order valence-corrected chi connectivity index (χ0v) is 8.84. The first-order chi connectivity index (χ1) is 7.30. The number of benzene rings is 1. The SMILES string of the molecule is CC(=O)O[C@H](C)c1ccc(C(F)(F)F)cc1. The largest absolute Gasteiger partial charge is 0.458 e. The van der Waals surface area contributed by atoms with E-state index in [4.69, 9.17) is 4.74 Å². The van der Waals surface area contributed by atoms with Gasteiger partial charge in [-0.2, -0.15) is 13.2 Å². The molecule has 0 saturated heterocycles. The maximum atomic E-state index is 12.2. The van der Waals surface area contributed by atoms with E-state index in [1.165, 1.54) is 19.1 Å². The Morgan fingerprint density at radius 2 is 1.75 bits per heavy atom. The van der Waals surface area contributed by atoms with Gasteiger partial charge in [-0.1, -0.05) is 12.1 Å². The van der Waals surface area contributed by atoms with Crippen LogP contribution in [-0.4, -0.2) is 5.97 Å². The Labute approximate surface area is 91.0 Å². The van der Waals surface area contributed by atoms with Gasteiger partial charge < -0.3 is 4.74 Å². The molecule has 0 aromatic heterocycles. The maximum absolute atomic E-state index is 12.2. The molecule has 1 aromatic rings. The standard InChI is InChI=1S/C11H11F3O2/c1-7(16-8(2)15)9-3-5-10(6-4-9)11(12,13)14/h3-7H,1-2H3/t7-/m1/s1. The zero-order valence-electron chi connectivity index (χ0n) is 8.84. The number of hydrogen-bond acceptors (Lipinski definition) is 2. The van der Waals surface area contributed by atoms with Crippen molar-refractivity contribution in [2.75, 3.05) is 0 Å². The van der Waals surface area contributed by atoms with Crippen LogP contribution in [0.1, 0.15) is 31.1 Å². The van der Waals surface area contributed by atoms with E-state index in [9.17, 15) is 18.0 Å². The summed E-state index contributed by atoms with van der Waals surface area (Å²) in [6, 6.07) is 4.54. The molecule has 0 saturated carbocycles. The normalized spacial score (nSPS) is 13.3. The highest BCUT2D eigenvalue weighted by atomic mass is 19.4. The van der Waals surface area contributed by atoms with Gasteiger partial charge in [0, 0.05) is 6.92 Å². The van der Waals surface area contributed by atoms with Gasteiger partial charge in [0.15, 0.2) is 0 Å². The van der Waals surface area contributed by atoms with Crippen molar-refractivity contribution in [3.05, 3.63) is 35.4 Å². The number of esters is 1. The summed E-state index contributed by atoms with van der Waals surface area (Å²) in [4.78, 5) is 10.7. The second kappa shape index (κ2) is 4.55. The van der Waals surface area contributed by atoms with Crippen molar-refractivity contribution in [2.45, 2.75) is 26.1 Å². The Hall–Kier alpha value is -1.52. The van der Waals surface area contributed by atoms with Crippen molar-refractivity contribution < 1.29 is 22.7 Å². The van der Waals surface area contributed by atoms with E-state index in [1.54, 1.807) is 6.92 Å². The smallest absolute Gasteiger partial charge is 0.416 e. The Balaban J connectivity index is 2.83. The van der Waals surface area contributed by atoms with Crippen LogP contribution in [0.25, 0.3) is 0 Å². The first kappa shape index (κ1) is 12.5. The average Bonchev–Trinajstić information content (AvgIpc) is 2.15. The third-order valence-corrected chi connectivity index (χ3v) is 2.05. The number of carbonyl (C=O) groups is 1. The molecule has 0 heterocycles. The van der Waals surface area contributed by atoms with Crippen molar-refractivity contribution in [3.63, 3.8) is 0 Å². The summed E-state index contributed by atoms with van der Waals surface area (Å²) in [6.07, 6.45) is -4.89. The van der Waals surface area contributed by atoms with Crippen LogP contribution < -0.4 is 0 Å². The van der Waals surface area contributed by atoms with E-state index in [2.05, 4.69) is 0 Å². The van der Waals surface area contributed by atoms with Crippen LogP contribution in [0.4, 0.5) is 13.2 Å². The molecule has 0 radical (unpaired) electrons. The number of alkyl halides is 3. The summed E-state index contributed by atoms with van der Waals surface area (Å²) in [6.45, 7) is 2.85. The fourth-order valence-corrected chi connectivity index (χ4v) is 1.26. The predicted octanol–water partition coefficient (Wildman–Crippen LogP) is 3.33. The van der Waals surface area contributed by atoms with Crippen LogP contribution in [-0.2, 0) is 15.7 Å². The van der Waals surface area contributed by atoms with Gasteiger partial charge >= 0.3 is 12.1 Å². The molecule has 0 unspecified atom stereocenters. The van der Waals surface area contributed by atoms with E-state index in [0.717, 1.165) is 12.1 Å². The lowest BCUT2D eigenvalue weighted by Gasteiger charge is -2.13. The van der Waals surface area contributed by atoms with Gasteiger partial charge in [-0.15, -0.1) is 0 Å². The lowest BCUT2D eigenvalue weighted by molar-refractivity contribution is -0.146. The van der Waals surface area contributed by atoms with Crippen molar-refractivity contribution in [1.82, 2.24) is 0 Å². The molecule has 0 bridgehead atoms. The van der Waals surface area contributed by atoms with Gasteiger partial charge in [-0.05, 0) is 24.6 Å². The third-order valence-electron chi connectivity index (χ3n) is 2.05. The topological polar surface area (TPSA) is 26.3 Å². The maximum Gasteiger partial charge on any atom is 0.416 e. The van der Waals surface area contributed by atoms with E-state index >= 15 is 0 Å². The van der Waals surface area contributed by atoms with Gasteiger partial charge in [0.05, 0.1) is 5.56 Å². The number of hydrogen-bond donors (Lipinski definition) is 0. The van der Waals surface area contributed by atoms with Crippen LogP contribution in [0, 0.1) is 0 Å². The fraction of sp³-hybridized carbons (Fsp3) is 0.364. The summed E-state index contributed by atoms with van der Waals surface area (Å²) in [5.74, 6) is -0.465. The molecule has 1 atom stereocenters. The predicted molar refractivity (Wildman–Crippen MR) is 51.6 cm³/mol. The van der Waals surface area contributed by atoms with Crippen LogP contribution in [0.3, 0.4) is 0 Å². The van der Waals surface area contributed by atoms with Crippen molar-refractivity contribution in [3.8, 4) is 0 Å². The molecule has 16 heavy (non-hydrogen) atoms. The monoisotopic (exact) mass is 232 g/mol. The number of carbonyl (C=O) groups excluding carboxylic acids is 1. The first-order valence-electron chi connectivity index (χ1n) is 4.65. The third kappa shape index (κ3) is 3.25. The van der Waals surface area contributed by atoms with Crippen molar-refractivity contribution in [1.29, 1.82) is 0 Å². The second-order valence-corrected chi connectivity index (χ2v) is 3.37. The molecule has 0 aliphatic rings. The van der Waals surface area contributed by atoms with Crippen molar-refractivity contribution >= 4 is 5.97 Å². The molecule has 2 nitrogen and oxygen atoms in total. The van der Waals surface area contributed by atoms with Gasteiger partial charge in [-0.3, -0.25) is 4.79 Å². The van der Waals surface area contributed by atoms with Gasteiger partial charge in [0.25, 0.3) is 0 Å². The van der Waals surface area contributed by atoms with E-state index in [-0.39, 0.29) is 0 Å². The Morgan fingerprint density at radius 1 is 1.25 bits per heavy atom. The fourth-order valence-electron chi connectivity index (χ4n) is 1.26. The van der Waals surface area contributed by atoms with E-state index in [0.29, 0.717) is 5.56 Å². The summed E-state index contributed by atoms with van der Waals surface area (Å²) in [5.41, 5.74) is -0.186. The van der Waals surface area contributed by atoms with Crippen LogP contribution >= 0.6 is 0 Å². The zero-order chi connectivity index (χ0) is 12.3. The summed E-state index contributed by atoms with van der Waals surface area (Å²) < 4.78 is 41.6. The lowest BCUT2D eigenvalue weighted by Crippen LogP contribution is -2.07. The highest BCUT2D eigenvalue weighted by molar-refractivity contribution is 5.66. The van der Waals surface area contributed by atoms with Crippen LogP contribution in [0.5, 0.6) is 0 Å². The highest BCUT2D eigenvalue weighted by Crippen LogP contribution is 2.30. The molecule has 0 aliphatic heterocycles. The minimum atomic E-state index is -4.34. The highest BCUT2D eigenvalue weighted by Gasteiger charge is 2.30. The molecule has 1 aromatic carbocycles. The number of ether oxygens (including phenoxy) is 1. The quantitative estimate of drug-likeness (QED) is 0.731. The molecule has 1 rings (SSSR count). The molecule has 0 amide bonds. The Bertz CT molecular complexity index is 368. The number of rotatable bonds is 2. The van der Waals surface area contributed by atoms with Crippen LogP contribution in [0.2, 0.25) is 0 Å². The van der Waals surface area contributed by atoms with Gasteiger partial charge in [-0.25, -0.2) is 0 Å². The molecule has 0 aliphatic carbocycles. The second-order valence-electron chi connectivity index (χ2n) is 3.37. The molecule has 88 valence electrons. The van der Waals surface area contributed by atoms with Gasteiger partial charge in [0.1, 0.15) is 6.10 Å². The minimum absolute atomic E-state index is 0.465. The molecular weight excluding hydrogens is 221 g/mol. The lowest BCUT2D eigenvalue weighted by atomic mass is 10.1. The first-order valence-corrected chi connectivity index (χ1v) is 4.65. The Morgan fingerprint density at radius 3 is 2.12 bits per heavy atom. The van der Waals surface area contributed by atoms with E-state index in [1.807, 2.05) is 0 Å². The molecular formula is C11H11F3O2. The summed E-state index contributed by atoms with van der Waals surface area (Å²) in [5, 5.41) is 0. The summed E-state index contributed by atoms with van der Waals surface area (Å²) >= 11 is 0. The van der Waals surface area contributed by atoms with Crippen molar-refractivity contribution in [2.24, 2.45) is 0 Å². The number of halogens is 3.